The molecule has 0 bridgehead atoms. The van der Waals surface area contributed by atoms with E-state index in [1.165, 1.54) is 0 Å². The SMILES string of the molecule is Nc1ccc2oc(CN3CCN(C=O)CC3)nc2c1. The van der Waals surface area contributed by atoms with Gasteiger partial charge in [0.2, 0.25) is 12.3 Å². The number of nitrogen functional groups attached to an aromatic ring is 1. The number of anilines is 1. The van der Waals surface area contributed by atoms with Crippen LogP contribution in [0.15, 0.2) is 22.6 Å². The van der Waals surface area contributed by atoms with Crippen molar-refractivity contribution < 1.29 is 9.21 Å². The van der Waals surface area contributed by atoms with Crippen molar-refractivity contribution in [2.24, 2.45) is 0 Å². The lowest BCUT2D eigenvalue weighted by Crippen LogP contribution is -2.45. The van der Waals surface area contributed by atoms with Crippen molar-refractivity contribution in [1.82, 2.24) is 14.8 Å². The molecule has 0 radical (unpaired) electrons. The summed E-state index contributed by atoms with van der Waals surface area (Å²) < 4.78 is 5.69. The highest BCUT2D eigenvalue weighted by molar-refractivity contribution is 5.76. The molecule has 6 heteroatoms. The van der Waals surface area contributed by atoms with Crippen LogP contribution < -0.4 is 5.73 Å². The van der Waals surface area contributed by atoms with Crippen LogP contribution in [0.2, 0.25) is 0 Å². The zero-order valence-electron chi connectivity index (χ0n) is 10.6. The quantitative estimate of drug-likeness (QED) is 0.649. The van der Waals surface area contributed by atoms with E-state index in [9.17, 15) is 4.79 Å². The predicted molar refractivity (Wildman–Crippen MR) is 71.3 cm³/mol. The normalized spacial score (nSPS) is 16.9. The maximum absolute atomic E-state index is 10.6. The highest BCUT2D eigenvalue weighted by Gasteiger charge is 2.17. The first kappa shape index (κ1) is 12.0. The molecule has 100 valence electrons. The minimum absolute atomic E-state index is 0.668. The van der Waals surface area contributed by atoms with E-state index in [-0.39, 0.29) is 0 Å². The van der Waals surface area contributed by atoms with Crippen molar-refractivity contribution in [3.8, 4) is 0 Å². The molecule has 1 amide bonds. The number of aromatic nitrogens is 1. The predicted octanol–water partition coefficient (Wildman–Crippen LogP) is 0.684. The van der Waals surface area contributed by atoms with E-state index in [0.717, 1.165) is 43.7 Å². The van der Waals surface area contributed by atoms with Crippen molar-refractivity contribution in [3.05, 3.63) is 24.1 Å². The molecule has 6 nitrogen and oxygen atoms in total. The average molecular weight is 260 g/mol. The van der Waals surface area contributed by atoms with Crippen LogP contribution in [-0.2, 0) is 11.3 Å². The molecule has 0 aliphatic carbocycles. The van der Waals surface area contributed by atoms with E-state index in [2.05, 4.69) is 9.88 Å². The molecule has 1 saturated heterocycles. The first-order valence-corrected chi connectivity index (χ1v) is 6.31. The van der Waals surface area contributed by atoms with Gasteiger partial charge in [-0.15, -0.1) is 0 Å². The number of fused-ring (bicyclic) bond motifs is 1. The molecule has 3 rings (SSSR count). The van der Waals surface area contributed by atoms with Gasteiger partial charge in [0.25, 0.3) is 0 Å². The van der Waals surface area contributed by atoms with Gasteiger partial charge < -0.3 is 15.1 Å². The fraction of sp³-hybridized carbons (Fsp3) is 0.385. The van der Waals surface area contributed by atoms with E-state index >= 15 is 0 Å². The zero-order chi connectivity index (χ0) is 13.2. The molecule has 0 saturated carbocycles. The van der Waals surface area contributed by atoms with E-state index in [4.69, 9.17) is 10.2 Å². The summed E-state index contributed by atoms with van der Waals surface area (Å²) in [6.45, 7) is 3.88. The number of benzene rings is 1. The first-order valence-electron chi connectivity index (χ1n) is 6.31. The summed E-state index contributed by atoms with van der Waals surface area (Å²) in [6, 6.07) is 5.46. The third-order valence-corrected chi connectivity index (χ3v) is 3.37. The smallest absolute Gasteiger partial charge is 0.209 e. The molecule has 1 aliphatic heterocycles. The molecule has 2 aromatic rings. The van der Waals surface area contributed by atoms with Crippen LogP contribution in [0.25, 0.3) is 11.1 Å². The Morgan fingerprint density at radius 1 is 1.32 bits per heavy atom. The summed E-state index contributed by atoms with van der Waals surface area (Å²) in [5.41, 5.74) is 7.96. The van der Waals surface area contributed by atoms with Gasteiger partial charge in [-0.3, -0.25) is 9.69 Å². The third kappa shape index (κ3) is 2.53. The topological polar surface area (TPSA) is 75.6 Å². The molecule has 1 fully saturated rings. The van der Waals surface area contributed by atoms with Crippen LogP contribution in [0.3, 0.4) is 0 Å². The Hall–Kier alpha value is -2.08. The van der Waals surface area contributed by atoms with Gasteiger partial charge in [-0.1, -0.05) is 0 Å². The largest absolute Gasteiger partial charge is 0.439 e. The molecule has 1 aliphatic rings. The highest BCUT2D eigenvalue weighted by Crippen LogP contribution is 2.19. The van der Waals surface area contributed by atoms with Crippen molar-refractivity contribution >= 4 is 23.2 Å². The van der Waals surface area contributed by atoms with Crippen LogP contribution in [0.4, 0.5) is 5.69 Å². The second kappa shape index (κ2) is 4.89. The number of piperazine rings is 1. The summed E-state index contributed by atoms with van der Waals surface area (Å²) in [7, 11) is 0. The lowest BCUT2D eigenvalue weighted by molar-refractivity contribution is -0.119. The number of carbonyl (C=O) groups excluding carboxylic acids is 1. The number of rotatable bonds is 3. The van der Waals surface area contributed by atoms with Gasteiger partial charge in [0, 0.05) is 31.9 Å². The molecule has 0 unspecified atom stereocenters. The van der Waals surface area contributed by atoms with Gasteiger partial charge in [0.15, 0.2) is 5.58 Å². The first-order chi connectivity index (χ1) is 9.24. The fourth-order valence-electron chi connectivity index (χ4n) is 2.28. The molecular weight excluding hydrogens is 244 g/mol. The number of hydrogen-bond donors (Lipinski definition) is 1. The van der Waals surface area contributed by atoms with Crippen molar-refractivity contribution in [2.75, 3.05) is 31.9 Å². The highest BCUT2D eigenvalue weighted by atomic mass is 16.3. The Morgan fingerprint density at radius 2 is 2.11 bits per heavy atom. The Labute approximate surface area is 110 Å². The van der Waals surface area contributed by atoms with Crippen molar-refractivity contribution in [2.45, 2.75) is 6.54 Å². The Kier molecular flexibility index (Phi) is 3.08. The van der Waals surface area contributed by atoms with Gasteiger partial charge in [-0.2, -0.15) is 0 Å². The Balaban J connectivity index is 1.70. The monoisotopic (exact) mass is 260 g/mol. The van der Waals surface area contributed by atoms with Crippen LogP contribution in [0, 0.1) is 0 Å². The third-order valence-electron chi connectivity index (χ3n) is 3.37. The molecule has 0 spiro atoms. The zero-order valence-corrected chi connectivity index (χ0v) is 10.6. The van der Waals surface area contributed by atoms with E-state index < -0.39 is 0 Å². The number of oxazole rings is 1. The lowest BCUT2D eigenvalue weighted by atomic mass is 10.3. The summed E-state index contributed by atoms with van der Waals surface area (Å²) in [6.07, 6.45) is 0.902. The Morgan fingerprint density at radius 3 is 2.84 bits per heavy atom. The molecular formula is C13H16N4O2. The molecule has 2 N–H and O–H groups in total. The van der Waals surface area contributed by atoms with Gasteiger partial charge in [0.1, 0.15) is 5.52 Å². The second-order valence-corrected chi connectivity index (χ2v) is 4.75. The number of hydrogen-bond acceptors (Lipinski definition) is 5. The van der Waals surface area contributed by atoms with Gasteiger partial charge in [-0.25, -0.2) is 4.98 Å². The van der Waals surface area contributed by atoms with Crippen LogP contribution in [-0.4, -0.2) is 47.4 Å². The summed E-state index contributed by atoms with van der Waals surface area (Å²) >= 11 is 0. The van der Waals surface area contributed by atoms with Crippen molar-refractivity contribution in [1.29, 1.82) is 0 Å². The van der Waals surface area contributed by atoms with Crippen molar-refractivity contribution in [3.63, 3.8) is 0 Å². The van der Waals surface area contributed by atoms with Crippen LogP contribution in [0.1, 0.15) is 5.89 Å². The summed E-state index contributed by atoms with van der Waals surface area (Å²) in [5, 5.41) is 0. The minimum Gasteiger partial charge on any atom is -0.439 e. The fourth-order valence-corrected chi connectivity index (χ4v) is 2.28. The summed E-state index contributed by atoms with van der Waals surface area (Å²) in [5.74, 6) is 0.695. The second-order valence-electron chi connectivity index (χ2n) is 4.75. The number of nitrogens with zero attached hydrogens (tertiary/aromatic N) is 3. The van der Waals surface area contributed by atoms with Crippen LogP contribution >= 0.6 is 0 Å². The Bertz CT molecular complexity index is 587. The van der Waals surface area contributed by atoms with Crippen LogP contribution in [0.5, 0.6) is 0 Å². The molecule has 19 heavy (non-hydrogen) atoms. The molecule has 2 heterocycles. The minimum atomic E-state index is 0.668. The lowest BCUT2D eigenvalue weighted by Gasteiger charge is -2.31. The maximum Gasteiger partial charge on any atom is 0.209 e. The van der Waals surface area contributed by atoms with E-state index in [0.29, 0.717) is 18.1 Å². The molecule has 0 atom stereocenters. The average Bonchev–Trinajstić information content (AvgIpc) is 2.81. The maximum atomic E-state index is 10.6. The number of amides is 1. The van der Waals surface area contributed by atoms with E-state index in [1.807, 2.05) is 12.1 Å². The van der Waals surface area contributed by atoms with Gasteiger partial charge >= 0.3 is 0 Å². The molecule has 1 aromatic carbocycles. The van der Waals surface area contributed by atoms with E-state index in [1.54, 1.807) is 11.0 Å². The summed E-state index contributed by atoms with van der Waals surface area (Å²) in [4.78, 5) is 19.1. The van der Waals surface area contributed by atoms with Gasteiger partial charge in [-0.05, 0) is 18.2 Å². The van der Waals surface area contributed by atoms with Gasteiger partial charge in [0.05, 0.1) is 6.54 Å². The number of carbonyl (C=O) groups is 1. The standard InChI is InChI=1S/C13H16N4O2/c14-10-1-2-12-11(7-10)15-13(19-12)8-16-3-5-17(9-18)6-4-16/h1-2,7,9H,3-6,8,14H2. The molecule has 1 aromatic heterocycles. The number of nitrogens with two attached hydrogens (primary N) is 1.